The first-order valence-corrected chi connectivity index (χ1v) is 14.2. The van der Waals surface area contributed by atoms with Gasteiger partial charge < -0.3 is 29.3 Å². The second kappa shape index (κ2) is 13.1. The Morgan fingerprint density at radius 3 is 1.88 bits per heavy atom. The fourth-order valence-electron chi connectivity index (χ4n) is 4.70. The molecule has 0 amide bonds. The number of thiazole rings is 1. The van der Waals surface area contributed by atoms with Gasteiger partial charge in [0.1, 0.15) is 0 Å². The van der Waals surface area contributed by atoms with Crippen molar-refractivity contribution in [2.45, 2.75) is 0 Å². The Kier molecular flexibility index (Phi) is 9.18. The molecule has 0 bridgehead atoms. The molecular formula is C30H31N3O5S2. The Balaban J connectivity index is 1.45. The molecule has 0 spiro atoms. The largest absolute Gasteiger partial charge is 0.493 e. The zero-order valence-corrected chi connectivity index (χ0v) is 23.6. The molecule has 5 rings (SSSR count). The fourth-order valence-corrected chi connectivity index (χ4v) is 5.93. The first kappa shape index (κ1) is 27.9. The van der Waals surface area contributed by atoms with Gasteiger partial charge in [0.2, 0.25) is 11.8 Å². The van der Waals surface area contributed by atoms with Crippen LogP contribution in [0.15, 0.2) is 73.0 Å². The second-order valence-corrected chi connectivity index (χ2v) is 10.9. The molecule has 2 N–H and O–H groups in total. The van der Waals surface area contributed by atoms with Gasteiger partial charge in [0, 0.05) is 43.6 Å². The standard InChI is InChI=1S/C30H31N3O5S2/c1-22(38-35)33-29(34)28(40-30(33)39)5-3-2-4-27(23-6-10-25(11-7-23)31-14-18-36-19-15-31)24-8-12-26(13-9-24)32-16-20-37-21-17-32/h2,4-13,34-35H,1,14-21H2. The van der Waals surface area contributed by atoms with Crippen LogP contribution in [0.1, 0.15) is 16.0 Å². The molecule has 3 heterocycles. The number of nitrogens with zero attached hydrogens (tertiary/aromatic N) is 3. The smallest absolute Gasteiger partial charge is 0.238 e. The number of aromatic hydroxyl groups is 1. The van der Waals surface area contributed by atoms with Crippen LogP contribution in [-0.4, -0.2) is 67.5 Å². The third kappa shape index (κ3) is 6.39. The van der Waals surface area contributed by atoms with Gasteiger partial charge in [0.25, 0.3) is 0 Å². The summed E-state index contributed by atoms with van der Waals surface area (Å²) in [5.74, 6) is -0.345. The van der Waals surface area contributed by atoms with Crippen LogP contribution in [0.3, 0.4) is 0 Å². The van der Waals surface area contributed by atoms with Crippen molar-refractivity contribution < 1.29 is 24.7 Å². The fraction of sp³-hybridized carbons (Fsp3) is 0.267. The van der Waals surface area contributed by atoms with Crippen LogP contribution in [0.2, 0.25) is 0 Å². The van der Waals surface area contributed by atoms with E-state index in [1.165, 1.54) is 11.4 Å². The summed E-state index contributed by atoms with van der Waals surface area (Å²) in [7, 11) is 0. The van der Waals surface area contributed by atoms with E-state index in [4.69, 9.17) is 26.9 Å². The van der Waals surface area contributed by atoms with Crippen LogP contribution >= 0.6 is 23.6 Å². The van der Waals surface area contributed by atoms with Crippen molar-refractivity contribution in [3.05, 3.63) is 93.0 Å². The minimum Gasteiger partial charge on any atom is -0.493 e. The van der Waals surface area contributed by atoms with Gasteiger partial charge in [-0.25, -0.2) is 9.82 Å². The van der Waals surface area contributed by atoms with E-state index in [9.17, 15) is 5.11 Å². The van der Waals surface area contributed by atoms with Gasteiger partial charge in [-0.1, -0.05) is 24.3 Å². The molecule has 2 aliphatic rings. The van der Waals surface area contributed by atoms with E-state index < -0.39 is 0 Å². The maximum Gasteiger partial charge on any atom is 0.238 e. The van der Waals surface area contributed by atoms with E-state index >= 15 is 0 Å². The lowest BCUT2D eigenvalue weighted by Crippen LogP contribution is -2.36. The second-order valence-electron chi connectivity index (χ2n) is 9.23. The first-order chi connectivity index (χ1) is 19.5. The lowest BCUT2D eigenvalue weighted by atomic mass is 9.96. The van der Waals surface area contributed by atoms with Crippen LogP contribution in [-0.2, 0) is 14.4 Å². The summed E-state index contributed by atoms with van der Waals surface area (Å²) in [4.78, 5) is 9.28. The van der Waals surface area contributed by atoms with Gasteiger partial charge in [-0.15, -0.1) is 17.1 Å². The highest BCUT2D eigenvalue weighted by molar-refractivity contribution is 7.73. The Labute approximate surface area is 242 Å². The number of allylic oxidation sites excluding steroid dienone is 2. The third-order valence-electron chi connectivity index (χ3n) is 6.84. The first-order valence-electron chi connectivity index (χ1n) is 13.0. The average Bonchev–Trinajstić information content (AvgIpc) is 3.30. The van der Waals surface area contributed by atoms with Crippen LogP contribution < -0.4 is 9.80 Å². The topological polar surface area (TPSA) is 79.6 Å². The molecule has 1 aromatic heterocycles. The molecule has 3 aromatic rings. The Morgan fingerprint density at radius 1 is 0.900 bits per heavy atom. The van der Waals surface area contributed by atoms with Crippen LogP contribution in [0, 0.1) is 3.95 Å². The number of hydrogen-bond donors (Lipinski definition) is 2. The summed E-state index contributed by atoms with van der Waals surface area (Å²) in [6.07, 6.45) is 5.45. The quantitative estimate of drug-likeness (QED) is 0.0859. The lowest BCUT2D eigenvalue weighted by molar-refractivity contribution is -0.176. The summed E-state index contributed by atoms with van der Waals surface area (Å²) >= 11 is 6.40. The molecule has 2 fully saturated rings. The van der Waals surface area contributed by atoms with E-state index in [-0.39, 0.29) is 11.8 Å². The van der Waals surface area contributed by atoms with Crippen molar-refractivity contribution in [1.29, 1.82) is 0 Å². The zero-order valence-electron chi connectivity index (χ0n) is 22.0. The molecule has 0 unspecified atom stereocenters. The van der Waals surface area contributed by atoms with Gasteiger partial charge in [0.15, 0.2) is 3.95 Å². The van der Waals surface area contributed by atoms with Gasteiger partial charge in [0.05, 0.1) is 31.3 Å². The van der Waals surface area contributed by atoms with Crippen LogP contribution in [0.4, 0.5) is 11.4 Å². The summed E-state index contributed by atoms with van der Waals surface area (Å²) in [6, 6.07) is 17.2. The number of benzene rings is 2. The minimum atomic E-state index is -0.175. The lowest BCUT2D eigenvalue weighted by Gasteiger charge is -2.29. The van der Waals surface area contributed by atoms with Gasteiger partial charge in [-0.2, -0.15) is 0 Å². The highest BCUT2D eigenvalue weighted by Gasteiger charge is 2.15. The third-order valence-corrected chi connectivity index (χ3v) is 8.15. The summed E-state index contributed by atoms with van der Waals surface area (Å²) < 4.78 is 12.4. The number of morpholine rings is 2. The molecule has 2 aliphatic heterocycles. The van der Waals surface area contributed by atoms with Gasteiger partial charge >= 0.3 is 0 Å². The molecule has 0 aliphatic carbocycles. The summed E-state index contributed by atoms with van der Waals surface area (Å²) in [5, 5.41) is 19.4. The van der Waals surface area contributed by atoms with Crippen molar-refractivity contribution >= 4 is 52.5 Å². The average molecular weight is 578 g/mol. The van der Waals surface area contributed by atoms with E-state index in [1.54, 1.807) is 6.08 Å². The molecule has 40 heavy (non-hydrogen) atoms. The summed E-state index contributed by atoms with van der Waals surface area (Å²) in [6.45, 7) is 10.1. The predicted octanol–water partition coefficient (Wildman–Crippen LogP) is 5.88. The Bertz CT molecular complexity index is 1410. The Hall–Kier alpha value is -3.63. The number of rotatable bonds is 8. The maximum absolute atomic E-state index is 10.5. The molecule has 0 atom stereocenters. The molecule has 0 saturated carbocycles. The predicted molar refractivity (Wildman–Crippen MR) is 162 cm³/mol. The van der Waals surface area contributed by atoms with E-state index in [0.717, 1.165) is 85.2 Å². The monoisotopic (exact) mass is 577 g/mol. The molecule has 10 heteroatoms. The molecule has 8 nitrogen and oxygen atoms in total. The van der Waals surface area contributed by atoms with Crippen LogP contribution in [0.5, 0.6) is 5.88 Å². The van der Waals surface area contributed by atoms with E-state index in [0.29, 0.717) is 8.83 Å². The molecule has 2 saturated heterocycles. The molecular weight excluding hydrogens is 546 g/mol. The summed E-state index contributed by atoms with van der Waals surface area (Å²) in [5.41, 5.74) is 8.68. The van der Waals surface area contributed by atoms with E-state index in [2.05, 4.69) is 75.5 Å². The number of anilines is 2. The van der Waals surface area contributed by atoms with Crippen molar-refractivity contribution in [1.82, 2.24) is 4.57 Å². The number of ether oxygens (including phenoxy) is 2. The van der Waals surface area contributed by atoms with Gasteiger partial charge in [-0.3, -0.25) is 0 Å². The van der Waals surface area contributed by atoms with Gasteiger partial charge in [-0.05, 0) is 71.9 Å². The highest BCUT2D eigenvalue weighted by atomic mass is 32.1. The SMILES string of the molecule is C=C(OO)n1c(O)c(C=C=CC=C(c2ccc(N3CCOCC3)cc2)c2ccc(N3CCOCC3)cc2)sc1=S. The molecule has 0 radical (unpaired) electrons. The highest BCUT2D eigenvalue weighted by Crippen LogP contribution is 2.31. The van der Waals surface area contributed by atoms with Crippen molar-refractivity contribution in [2.75, 3.05) is 62.4 Å². The van der Waals surface area contributed by atoms with E-state index in [1.807, 2.05) is 12.2 Å². The van der Waals surface area contributed by atoms with Crippen molar-refractivity contribution in [3.63, 3.8) is 0 Å². The van der Waals surface area contributed by atoms with Crippen LogP contribution in [0.25, 0.3) is 17.5 Å². The normalized spacial score (nSPS) is 15.2. The zero-order chi connectivity index (χ0) is 27.9. The minimum absolute atomic E-state index is 0.170. The Morgan fingerprint density at radius 2 is 1.40 bits per heavy atom. The van der Waals surface area contributed by atoms with Crippen molar-refractivity contribution in [3.8, 4) is 5.88 Å². The number of hydrogen-bond acceptors (Lipinski definition) is 9. The molecule has 208 valence electrons. The van der Waals surface area contributed by atoms with Crippen molar-refractivity contribution in [2.24, 2.45) is 0 Å². The number of aromatic nitrogens is 1. The maximum atomic E-state index is 10.5. The molecule has 2 aromatic carbocycles.